The number of hydrogen-bond acceptors (Lipinski definition) is 2. The van der Waals surface area contributed by atoms with Gasteiger partial charge in [-0.05, 0) is 63.3 Å². The van der Waals surface area contributed by atoms with Gasteiger partial charge in [-0.25, -0.2) is 8.78 Å². The van der Waals surface area contributed by atoms with Crippen molar-refractivity contribution in [3.8, 4) is 0 Å². The van der Waals surface area contributed by atoms with Crippen LogP contribution in [0.25, 0.3) is 0 Å². The van der Waals surface area contributed by atoms with E-state index < -0.39 is 0 Å². The zero-order chi connectivity index (χ0) is 14.8. The maximum atomic E-state index is 14.0. The number of rotatable bonds is 6. The second-order valence-corrected chi connectivity index (χ2v) is 6.53. The van der Waals surface area contributed by atoms with Gasteiger partial charge in [-0.15, -0.1) is 0 Å². The van der Waals surface area contributed by atoms with Crippen molar-refractivity contribution in [2.45, 2.75) is 44.7 Å². The third kappa shape index (κ3) is 3.80. The Morgan fingerprint density at radius 3 is 2.71 bits per heavy atom. The lowest BCUT2D eigenvalue weighted by Gasteiger charge is -2.32. The minimum atomic E-state index is -0.358. The first-order valence-corrected chi connectivity index (χ1v) is 8.06. The molecule has 2 aliphatic rings. The first kappa shape index (κ1) is 14.9. The van der Waals surface area contributed by atoms with Crippen molar-refractivity contribution in [3.05, 3.63) is 35.4 Å². The Balaban J connectivity index is 1.74. The van der Waals surface area contributed by atoms with Gasteiger partial charge in [-0.1, -0.05) is 0 Å². The molecule has 1 saturated heterocycles. The molecule has 1 aromatic rings. The predicted octanol–water partition coefficient (Wildman–Crippen LogP) is 3.49. The van der Waals surface area contributed by atoms with E-state index in [1.165, 1.54) is 43.9 Å². The van der Waals surface area contributed by atoms with Gasteiger partial charge in [0.2, 0.25) is 0 Å². The van der Waals surface area contributed by atoms with E-state index in [1.807, 2.05) is 6.92 Å². The molecule has 1 aliphatic heterocycles. The molecule has 2 fully saturated rings. The van der Waals surface area contributed by atoms with E-state index in [2.05, 4.69) is 10.2 Å². The lowest BCUT2D eigenvalue weighted by molar-refractivity contribution is 0.181. The highest BCUT2D eigenvalue weighted by atomic mass is 19.1. The Labute approximate surface area is 125 Å². The summed E-state index contributed by atoms with van der Waals surface area (Å²) in [6, 6.07) is 4.19. The van der Waals surface area contributed by atoms with Crippen LogP contribution in [-0.2, 0) is 0 Å². The molecule has 116 valence electrons. The first-order chi connectivity index (χ1) is 10.1. The van der Waals surface area contributed by atoms with Gasteiger partial charge >= 0.3 is 0 Å². The average molecular weight is 294 g/mol. The van der Waals surface area contributed by atoms with Crippen molar-refractivity contribution in [2.24, 2.45) is 5.92 Å². The molecule has 4 heteroatoms. The highest BCUT2D eigenvalue weighted by Crippen LogP contribution is 2.33. The summed E-state index contributed by atoms with van der Waals surface area (Å²) in [4.78, 5) is 2.33. The molecule has 0 amide bonds. The Kier molecular flexibility index (Phi) is 4.55. The summed E-state index contributed by atoms with van der Waals surface area (Å²) < 4.78 is 27.5. The van der Waals surface area contributed by atoms with Crippen molar-refractivity contribution in [1.82, 2.24) is 10.2 Å². The Morgan fingerprint density at radius 2 is 2.05 bits per heavy atom. The number of hydrogen-bond donors (Lipinski definition) is 1. The molecular weight excluding hydrogens is 270 g/mol. The minimum Gasteiger partial charge on any atom is -0.313 e. The number of nitrogens with one attached hydrogen (secondary N) is 1. The summed E-state index contributed by atoms with van der Waals surface area (Å²) in [5.41, 5.74) is 0.480. The van der Waals surface area contributed by atoms with Gasteiger partial charge in [0.1, 0.15) is 11.6 Å². The van der Waals surface area contributed by atoms with E-state index in [1.54, 1.807) is 0 Å². The van der Waals surface area contributed by atoms with Crippen LogP contribution in [0.4, 0.5) is 8.78 Å². The smallest absolute Gasteiger partial charge is 0.128 e. The summed E-state index contributed by atoms with van der Waals surface area (Å²) in [6.07, 6.45) is 4.93. The van der Waals surface area contributed by atoms with Crippen LogP contribution >= 0.6 is 0 Å². The van der Waals surface area contributed by atoms with Crippen LogP contribution in [0.2, 0.25) is 0 Å². The topological polar surface area (TPSA) is 15.3 Å². The van der Waals surface area contributed by atoms with E-state index in [0.29, 0.717) is 11.6 Å². The lowest BCUT2D eigenvalue weighted by Crippen LogP contribution is -2.40. The summed E-state index contributed by atoms with van der Waals surface area (Å²) in [5, 5.41) is 3.50. The van der Waals surface area contributed by atoms with Gasteiger partial charge in [0.25, 0.3) is 0 Å². The van der Waals surface area contributed by atoms with Gasteiger partial charge < -0.3 is 5.32 Å². The number of nitrogens with zero attached hydrogens (tertiary/aromatic N) is 1. The maximum Gasteiger partial charge on any atom is 0.128 e. The second kappa shape index (κ2) is 6.41. The van der Waals surface area contributed by atoms with Crippen LogP contribution in [-0.4, -0.2) is 30.6 Å². The van der Waals surface area contributed by atoms with Gasteiger partial charge in [0.15, 0.2) is 0 Å². The SMILES string of the molecule is CC(c1cc(F)ccc1F)N(CC1CC1)CC1CCCN1. The van der Waals surface area contributed by atoms with E-state index in [-0.39, 0.29) is 17.7 Å². The Bertz CT molecular complexity index is 482. The van der Waals surface area contributed by atoms with E-state index in [9.17, 15) is 8.78 Å². The largest absolute Gasteiger partial charge is 0.313 e. The maximum absolute atomic E-state index is 14.0. The molecule has 1 heterocycles. The summed E-state index contributed by atoms with van der Waals surface area (Å²) in [5.74, 6) is 0.0816. The molecule has 3 rings (SSSR count). The highest BCUT2D eigenvalue weighted by molar-refractivity contribution is 5.22. The fourth-order valence-electron chi connectivity index (χ4n) is 3.25. The van der Waals surface area contributed by atoms with Gasteiger partial charge in [0, 0.05) is 30.7 Å². The van der Waals surface area contributed by atoms with Crippen LogP contribution in [0.3, 0.4) is 0 Å². The minimum absolute atomic E-state index is 0.0799. The Morgan fingerprint density at radius 1 is 1.24 bits per heavy atom. The van der Waals surface area contributed by atoms with Gasteiger partial charge in [-0.2, -0.15) is 0 Å². The summed E-state index contributed by atoms with van der Waals surface area (Å²) in [7, 11) is 0. The van der Waals surface area contributed by atoms with Crippen LogP contribution < -0.4 is 5.32 Å². The zero-order valence-corrected chi connectivity index (χ0v) is 12.6. The van der Waals surface area contributed by atoms with Crippen molar-refractivity contribution < 1.29 is 8.78 Å². The molecule has 1 aromatic carbocycles. The van der Waals surface area contributed by atoms with Crippen molar-refractivity contribution in [1.29, 1.82) is 0 Å². The highest BCUT2D eigenvalue weighted by Gasteiger charge is 2.30. The quantitative estimate of drug-likeness (QED) is 0.864. The fraction of sp³-hybridized carbons (Fsp3) is 0.647. The molecule has 21 heavy (non-hydrogen) atoms. The van der Waals surface area contributed by atoms with Crippen LogP contribution in [0.5, 0.6) is 0 Å². The predicted molar refractivity (Wildman–Crippen MR) is 80.1 cm³/mol. The van der Waals surface area contributed by atoms with Crippen LogP contribution in [0.15, 0.2) is 18.2 Å². The molecule has 2 nitrogen and oxygen atoms in total. The monoisotopic (exact) mass is 294 g/mol. The molecule has 1 N–H and O–H groups in total. The van der Waals surface area contributed by atoms with Gasteiger partial charge in [0.05, 0.1) is 0 Å². The number of halogens is 2. The molecule has 1 saturated carbocycles. The fourth-order valence-corrected chi connectivity index (χ4v) is 3.25. The third-order valence-corrected chi connectivity index (χ3v) is 4.76. The van der Waals surface area contributed by atoms with Crippen molar-refractivity contribution in [3.63, 3.8) is 0 Å². The van der Waals surface area contributed by atoms with E-state index in [4.69, 9.17) is 0 Å². The first-order valence-electron chi connectivity index (χ1n) is 8.06. The van der Waals surface area contributed by atoms with E-state index in [0.717, 1.165) is 25.6 Å². The summed E-state index contributed by atoms with van der Waals surface area (Å²) >= 11 is 0. The molecular formula is C17H24F2N2. The summed E-state index contributed by atoms with van der Waals surface area (Å²) in [6.45, 7) is 4.99. The van der Waals surface area contributed by atoms with Crippen molar-refractivity contribution >= 4 is 0 Å². The second-order valence-electron chi connectivity index (χ2n) is 6.53. The molecule has 0 spiro atoms. The van der Waals surface area contributed by atoms with E-state index >= 15 is 0 Å². The third-order valence-electron chi connectivity index (χ3n) is 4.76. The zero-order valence-electron chi connectivity index (χ0n) is 12.6. The molecule has 2 unspecified atom stereocenters. The molecule has 2 atom stereocenters. The standard InChI is InChI=1S/C17H24F2N2/c1-12(16-9-14(18)6-7-17(16)19)21(10-13-4-5-13)11-15-3-2-8-20-15/h6-7,9,12-13,15,20H,2-5,8,10-11H2,1H3. The normalized spacial score (nSPS) is 23.7. The van der Waals surface area contributed by atoms with Gasteiger partial charge in [-0.3, -0.25) is 4.90 Å². The molecule has 0 bridgehead atoms. The lowest BCUT2D eigenvalue weighted by atomic mass is 10.0. The molecule has 0 aromatic heterocycles. The Hall–Kier alpha value is -1.00. The number of benzene rings is 1. The van der Waals surface area contributed by atoms with Crippen LogP contribution in [0.1, 0.15) is 44.2 Å². The van der Waals surface area contributed by atoms with Crippen LogP contribution in [0, 0.1) is 17.6 Å². The molecule has 1 aliphatic carbocycles. The average Bonchev–Trinajstić information content (AvgIpc) is 3.13. The molecule has 0 radical (unpaired) electrons. The van der Waals surface area contributed by atoms with Crippen molar-refractivity contribution in [2.75, 3.05) is 19.6 Å².